The molecule has 0 N–H and O–H groups in total. The molecule has 20 heavy (non-hydrogen) atoms. The Morgan fingerprint density at radius 3 is 3.15 bits per heavy atom. The molecule has 0 bridgehead atoms. The highest BCUT2D eigenvalue weighted by atomic mass is 16.5. The molecule has 104 valence electrons. The van der Waals surface area contributed by atoms with Crippen LogP contribution >= 0.6 is 0 Å². The molecule has 0 saturated heterocycles. The second-order valence-corrected chi connectivity index (χ2v) is 4.53. The van der Waals surface area contributed by atoms with Crippen molar-refractivity contribution in [3.05, 3.63) is 41.5 Å². The smallest absolute Gasteiger partial charge is 0.315 e. The van der Waals surface area contributed by atoms with Crippen LogP contribution < -0.4 is 4.74 Å². The SMILES string of the molecule is COC(=O)Cc1nc(C2CCOc3ccccc32)no1. The number of esters is 1. The zero-order valence-electron chi connectivity index (χ0n) is 11.0. The first kappa shape index (κ1) is 12.7. The Kier molecular flexibility index (Phi) is 3.37. The van der Waals surface area contributed by atoms with Gasteiger partial charge in [0.15, 0.2) is 5.82 Å². The molecule has 1 aliphatic heterocycles. The second-order valence-electron chi connectivity index (χ2n) is 4.53. The largest absolute Gasteiger partial charge is 0.493 e. The molecular formula is C14H14N2O4. The van der Waals surface area contributed by atoms with Gasteiger partial charge in [-0.1, -0.05) is 23.4 Å². The van der Waals surface area contributed by atoms with Crippen LogP contribution in [0, 0.1) is 0 Å². The zero-order valence-corrected chi connectivity index (χ0v) is 11.0. The van der Waals surface area contributed by atoms with Gasteiger partial charge in [-0.25, -0.2) is 0 Å². The summed E-state index contributed by atoms with van der Waals surface area (Å²) >= 11 is 0. The first-order valence-corrected chi connectivity index (χ1v) is 6.39. The Bertz CT molecular complexity index is 623. The van der Waals surface area contributed by atoms with Crippen LogP contribution in [0.25, 0.3) is 0 Å². The van der Waals surface area contributed by atoms with Gasteiger partial charge >= 0.3 is 5.97 Å². The van der Waals surface area contributed by atoms with E-state index in [1.165, 1.54) is 7.11 Å². The highest BCUT2D eigenvalue weighted by molar-refractivity contribution is 5.71. The number of hydrogen-bond acceptors (Lipinski definition) is 6. The van der Waals surface area contributed by atoms with Crippen molar-refractivity contribution >= 4 is 5.97 Å². The fourth-order valence-corrected chi connectivity index (χ4v) is 2.29. The van der Waals surface area contributed by atoms with E-state index in [2.05, 4.69) is 14.9 Å². The van der Waals surface area contributed by atoms with Crippen molar-refractivity contribution < 1.29 is 18.8 Å². The van der Waals surface area contributed by atoms with Gasteiger partial charge in [-0.15, -0.1) is 0 Å². The summed E-state index contributed by atoms with van der Waals surface area (Å²) in [5.74, 6) is 1.35. The second kappa shape index (κ2) is 5.32. The van der Waals surface area contributed by atoms with Gasteiger partial charge in [0.1, 0.15) is 12.2 Å². The van der Waals surface area contributed by atoms with Gasteiger partial charge in [-0.05, 0) is 12.5 Å². The van der Waals surface area contributed by atoms with Gasteiger partial charge in [-0.3, -0.25) is 4.79 Å². The van der Waals surface area contributed by atoms with Crippen molar-refractivity contribution in [2.24, 2.45) is 0 Å². The number of methoxy groups -OCH3 is 1. The molecule has 0 spiro atoms. The van der Waals surface area contributed by atoms with Crippen molar-refractivity contribution in [3.63, 3.8) is 0 Å². The maximum absolute atomic E-state index is 11.2. The number of benzene rings is 1. The molecule has 2 aromatic rings. The minimum atomic E-state index is -0.396. The maximum atomic E-state index is 11.2. The molecule has 1 unspecified atom stereocenters. The van der Waals surface area contributed by atoms with Gasteiger partial charge in [-0.2, -0.15) is 4.98 Å². The van der Waals surface area contributed by atoms with E-state index in [9.17, 15) is 4.79 Å². The molecule has 0 saturated carbocycles. The van der Waals surface area contributed by atoms with Crippen LogP contribution in [0.15, 0.2) is 28.8 Å². The van der Waals surface area contributed by atoms with Gasteiger partial charge in [0, 0.05) is 5.56 Å². The summed E-state index contributed by atoms with van der Waals surface area (Å²) in [5.41, 5.74) is 1.05. The number of hydrogen-bond donors (Lipinski definition) is 0. The number of nitrogens with zero attached hydrogens (tertiary/aromatic N) is 2. The molecule has 1 atom stereocenters. The first-order valence-electron chi connectivity index (χ1n) is 6.39. The van der Waals surface area contributed by atoms with E-state index in [4.69, 9.17) is 9.26 Å². The fourth-order valence-electron chi connectivity index (χ4n) is 2.29. The zero-order chi connectivity index (χ0) is 13.9. The summed E-state index contributed by atoms with van der Waals surface area (Å²) in [5, 5.41) is 3.98. The molecule has 0 radical (unpaired) electrons. The summed E-state index contributed by atoms with van der Waals surface area (Å²) in [4.78, 5) is 15.5. The van der Waals surface area contributed by atoms with E-state index in [1.807, 2.05) is 24.3 Å². The number of ether oxygens (including phenoxy) is 2. The topological polar surface area (TPSA) is 74.5 Å². The van der Waals surface area contributed by atoms with Crippen molar-refractivity contribution in [3.8, 4) is 5.75 Å². The van der Waals surface area contributed by atoms with Crippen LogP contribution in [0.3, 0.4) is 0 Å². The molecule has 6 nitrogen and oxygen atoms in total. The van der Waals surface area contributed by atoms with Crippen LogP contribution in [-0.2, 0) is 16.0 Å². The molecule has 1 aliphatic rings. The van der Waals surface area contributed by atoms with Gasteiger partial charge in [0.2, 0.25) is 5.89 Å². The average Bonchev–Trinajstić information content (AvgIpc) is 2.94. The minimum absolute atomic E-state index is 0.00559. The molecule has 1 aromatic heterocycles. The number of carbonyl (C=O) groups excluding carboxylic acids is 1. The van der Waals surface area contributed by atoms with Crippen LogP contribution in [0.4, 0.5) is 0 Å². The van der Waals surface area contributed by atoms with Crippen molar-refractivity contribution in [2.45, 2.75) is 18.8 Å². The van der Waals surface area contributed by atoms with Gasteiger partial charge < -0.3 is 14.0 Å². The fraction of sp³-hybridized carbons (Fsp3) is 0.357. The molecule has 2 heterocycles. The van der Waals surface area contributed by atoms with E-state index >= 15 is 0 Å². The standard InChI is InChI=1S/C14H14N2O4/c1-18-13(17)8-12-15-14(16-20-12)10-6-7-19-11-5-3-2-4-9(10)11/h2-5,10H,6-8H2,1H3. The van der Waals surface area contributed by atoms with E-state index in [0.717, 1.165) is 17.7 Å². The molecule has 0 fully saturated rings. The van der Waals surface area contributed by atoms with E-state index in [1.54, 1.807) is 0 Å². The Morgan fingerprint density at radius 1 is 1.45 bits per heavy atom. The summed E-state index contributed by atoms with van der Waals surface area (Å²) < 4.78 is 15.3. The number of aromatic nitrogens is 2. The third-order valence-electron chi connectivity index (χ3n) is 3.28. The predicted octanol–water partition coefficient (Wildman–Crippen LogP) is 1.70. The van der Waals surface area contributed by atoms with Crippen molar-refractivity contribution in [1.29, 1.82) is 0 Å². The molecule has 1 aromatic carbocycles. The van der Waals surface area contributed by atoms with Crippen molar-refractivity contribution in [2.75, 3.05) is 13.7 Å². The van der Waals surface area contributed by atoms with Crippen LogP contribution in [0.5, 0.6) is 5.75 Å². The Hall–Kier alpha value is -2.37. The molecule has 6 heteroatoms. The Labute approximate surface area is 115 Å². The average molecular weight is 274 g/mol. The predicted molar refractivity (Wildman–Crippen MR) is 68.4 cm³/mol. The Balaban J connectivity index is 1.85. The molecule has 0 amide bonds. The third-order valence-corrected chi connectivity index (χ3v) is 3.28. The van der Waals surface area contributed by atoms with E-state index in [0.29, 0.717) is 12.4 Å². The monoisotopic (exact) mass is 274 g/mol. The van der Waals surface area contributed by atoms with Gasteiger partial charge in [0.05, 0.1) is 19.6 Å². The lowest BCUT2D eigenvalue weighted by Crippen LogP contribution is -2.16. The molecular weight excluding hydrogens is 260 g/mol. The number of fused-ring (bicyclic) bond motifs is 1. The normalized spacial score (nSPS) is 17.1. The number of para-hydroxylation sites is 1. The summed E-state index contributed by atoms with van der Waals surface area (Å²) in [6.45, 7) is 0.614. The molecule has 3 rings (SSSR count). The minimum Gasteiger partial charge on any atom is -0.493 e. The number of carbonyl (C=O) groups is 1. The quantitative estimate of drug-likeness (QED) is 0.793. The lowest BCUT2D eigenvalue weighted by Gasteiger charge is -2.23. The lowest BCUT2D eigenvalue weighted by atomic mass is 9.92. The lowest BCUT2D eigenvalue weighted by molar-refractivity contribution is -0.140. The van der Waals surface area contributed by atoms with Crippen LogP contribution in [0.1, 0.15) is 29.6 Å². The highest BCUT2D eigenvalue weighted by Gasteiger charge is 2.27. The first-order chi connectivity index (χ1) is 9.78. The maximum Gasteiger partial charge on any atom is 0.315 e. The summed E-state index contributed by atoms with van der Waals surface area (Å²) in [7, 11) is 1.33. The molecule has 0 aliphatic carbocycles. The van der Waals surface area contributed by atoms with E-state index < -0.39 is 5.97 Å². The van der Waals surface area contributed by atoms with Gasteiger partial charge in [0.25, 0.3) is 0 Å². The van der Waals surface area contributed by atoms with E-state index in [-0.39, 0.29) is 18.2 Å². The summed E-state index contributed by atoms with van der Waals surface area (Å²) in [6, 6.07) is 7.81. The third kappa shape index (κ3) is 2.36. The van der Waals surface area contributed by atoms with Crippen LogP contribution in [0.2, 0.25) is 0 Å². The number of rotatable bonds is 3. The summed E-state index contributed by atoms with van der Waals surface area (Å²) in [6.07, 6.45) is 0.780. The van der Waals surface area contributed by atoms with Crippen LogP contribution in [-0.4, -0.2) is 29.8 Å². The van der Waals surface area contributed by atoms with Crippen molar-refractivity contribution in [1.82, 2.24) is 10.1 Å². The highest BCUT2D eigenvalue weighted by Crippen LogP contribution is 2.36. The Morgan fingerprint density at radius 2 is 2.30 bits per heavy atom.